The molecule has 10 atom stereocenters. The highest BCUT2D eigenvalue weighted by Crippen LogP contribution is 2.74. The number of fused-ring (bicyclic) bond motifs is 4. The fraction of sp³-hybridized carbons (Fsp3) is 1.00. The molecule has 1 aliphatic heterocycles. The minimum absolute atomic E-state index is 0.0150. The van der Waals surface area contributed by atoms with Crippen LogP contribution in [0.2, 0.25) is 0 Å². The van der Waals surface area contributed by atoms with Crippen molar-refractivity contribution in [3.63, 3.8) is 0 Å². The molecule has 0 aromatic heterocycles. The summed E-state index contributed by atoms with van der Waals surface area (Å²) in [6.07, 6.45) is 14.8. The standard InChI is InChI=1S/C27H46O2.H2O4S/c1-17(2)8-6-9-18(3)20-11-12-21-19-16-24-27(29-24)14-7-10-23(28)26(27,5)22(19)13-15-25(20,21)4;1-5(2,3)4/h17-24,28H,6-16H2,1-5H3;(H2,1,2,3,4)/t18-,19+,20-,21+,22+,23?,24+,25-,26+,27+;/m1./s1. The Labute approximate surface area is 207 Å². The van der Waals surface area contributed by atoms with E-state index in [1.165, 1.54) is 57.8 Å². The minimum Gasteiger partial charge on any atom is -0.392 e. The van der Waals surface area contributed by atoms with Crippen LogP contribution in [0, 0.1) is 46.3 Å². The van der Waals surface area contributed by atoms with E-state index in [0.29, 0.717) is 17.4 Å². The van der Waals surface area contributed by atoms with Gasteiger partial charge in [-0.3, -0.25) is 9.11 Å². The molecule has 3 N–H and O–H groups in total. The molecule has 4 saturated carbocycles. The molecule has 0 bridgehead atoms. The molecule has 1 spiro atoms. The quantitative estimate of drug-likeness (QED) is 0.318. The molecular weight excluding hydrogens is 452 g/mol. The molecule has 34 heavy (non-hydrogen) atoms. The van der Waals surface area contributed by atoms with E-state index in [1.54, 1.807) is 0 Å². The minimum atomic E-state index is -4.67. The second-order valence-electron chi connectivity index (χ2n) is 13.3. The van der Waals surface area contributed by atoms with Gasteiger partial charge in [0.05, 0.1) is 12.2 Å². The molecule has 5 aliphatic rings. The maximum atomic E-state index is 11.2. The molecule has 5 fully saturated rings. The summed E-state index contributed by atoms with van der Waals surface area (Å²) in [7, 11) is -4.67. The van der Waals surface area contributed by atoms with E-state index < -0.39 is 10.4 Å². The monoisotopic (exact) mass is 500 g/mol. The van der Waals surface area contributed by atoms with Gasteiger partial charge in [0.1, 0.15) is 5.60 Å². The molecule has 1 heterocycles. The second-order valence-corrected chi connectivity index (χ2v) is 14.2. The van der Waals surface area contributed by atoms with Crippen molar-refractivity contribution in [2.75, 3.05) is 0 Å². The summed E-state index contributed by atoms with van der Waals surface area (Å²) < 4.78 is 38.1. The fourth-order valence-electron chi connectivity index (χ4n) is 9.75. The first-order valence-corrected chi connectivity index (χ1v) is 15.2. The van der Waals surface area contributed by atoms with E-state index in [0.717, 1.165) is 42.4 Å². The third-order valence-corrected chi connectivity index (χ3v) is 11.3. The van der Waals surface area contributed by atoms with Crippen LogP contribution in [0.15, 0.2) is 0 Å². The molecule has 4 aliphatic carbocycles. The summed E-state index contributed by atoms with van der Waals surface area (Å²) in [5, 5.41) is 11.2. The van der Waals surface area contributed by atoms with Crippen molar-refractivity contribution in [2.24, 2.45) is 46.3 Å². The van der Waals surface area contributed by atoms with Gasteiger partial charge in [-0.2, -0.15) is 8.42 Å². The van der Waals surface area contributed by atoms with Gasteiger partial charge in [0.2, 0.25) is 0 Å². The number of hydrogen-bond donors (Lipinski definition) is 3. The lowest BCUT2D eigenvalue weighted by atomic mass is 9.43. The van der Waals surface area contributed by atoms with Gasteiger partial charge in [0.25, 0.3) is 0 Å². The van der Waals surface area contributed by atoms with Gasteiger partial charge in [-0.25, -0.2) is 0 Å². The average molecular weight is 501 g/mol. The van der Waals surface area contributed by atoms with Gasteiger partial charge in [-0.05, 0) is 92.3 Å². The third kappa shape index (κ3) is 4.51. The maximum absolute atomic E-state index is 11.2. The number of aliphatic hydroxyl groups is 1. The third-order valence-electron chi connectivity index (χ3n) is 11.3. The van der Waals surface area contributed by atoms with Crippen molar-refractivity contribution in [3.8, 4) is 0 Å². The largest absolute Gasteiger partial charge is 0.394 e. The molecular formula is C27H48O6S. The number of epoxide rings is 1. The Morgan fingerprint density at radius 3 is 2.29 bits per heavy atom. The summed E-state index contributed by atoms with van der Waals surface area (Å²) in [6, 6.07) is 0. The second kappa shape index (κ2) is 9.27. The van der Waals surface area contributed by atoms with Crippen LogP contribution in [-0.2, 0) is 15.1 Å². The van der Waals surface area contributed by atoms with Crippen molar-refractivity contribution in [1.82, 2.24) is 0 Å². The van der Waals surface area contributed by atoms with E-state index >= 15 is 0 Å². The molecule has 0 radical (unpaired) electrons. The molecule has 0 aromatic carbocycles. The number of hydrogen-bond acceptors (Lipinski definition) is 4. The van der Waals surface area contributed by atoms with Crippen LogP contribution >= 0.6 is 0 Å². The summed E-state index contributed by atoms with van der Waals surface area (Å²) in [5.41, 5.74) is 0.589. The van der Waals surface area contributed by atoms with Gasteiger partial charge >= 0.3 is 10.4 Å². The van der Waals surface area contributed by atoms with Gasteiger partial charge in [-0.15, -0.1) is 0 Å². The zero-order valence-electron chi connectivity index (χ0n) is 21.9. The van der Waals surface area contributed by atoms with Gasteiger partial charge < -0.3 is 9.84 Å². The molecule has 5 rings (SSSR count). The summed E-state index contributed by atoms with van der Waals surface area (Å²) in [4.78, 5) is 0. The Hall–Kier alpha value is -0.210. The molecule has 198 valence electrons. The lowest BCUT2D eigenvalue weighted by molar-refractivity contribution is -0.154. The van der Waals surface area contributed by atoms with E-state index in [2.05, 4.69) is 34.6 Å². The lowest BCUT2D eigenvalue weighted by Crippen LogP contribution is -2.62. The van der Waals surface area contributed by atoms with Crippen molar-refractivity contribution < 1.29 is 27.4 Å². The Bertz CT molecular complexity index is 836. The number of rotatable bonds is 5. The Kier molecular flexibility index (Phi) is 7.32. The Morgan fingerprint density at radius 1 is 0.971 bits per heavy atom. The van der Waals surface area contributed by atoms with Crippen LogP contribution in [0.4, 0.5) is 0 Å². The predicted octanol–water partition coefficient (Wildman–Crippen LogP) is 5.95. The molecule has 7 heteroatoms. The van der Waals surface area contributed by atoms with Crippen LogP contribution in [0.3, 0.4) is 0 Å². The Balaban J connectivity index is 0.000000499. The highest BCUT2D eigenvalue weighted by atomic mass is 32.3. The molecule has 1 saturated heterocycles. The average Bonchev–Trinajstić information content (AvgIpc) is 3.29. The molecule has 1 unspecified atom stereocenters. The highest BCUT2D eigenvalue weighted by molar-refractivity contribution is 7.79. The molecule has 6 nitrogen and oxygen atoms in total. The molecule has 0 aromatic rings. The van der Waals surface area contributed by atoms with Crippen molar-refractivity contribution in [1.29, 1.82) is 0 Å². The first kappa shape index (κ1) is 26.8. The van der Waals surface area contributed by atoms with Crippen LogP contribution < -0.4 is 0 Å². The van der Waals surface area contributed by atoms with Crippen LogP contribution in [0.1, 0.15) is 105 Å². The van der Waals surface area contributed by atoms with E-state index in [-0.39, 0.29) is 17.1 Å². The lowest BCUT2D eigenvalue weighted by Gasteiger charge is -2.60. The first-order chi connectivity index (χ1) is 15.7. The van der Waals surface area contributed by atoms with E-state index in [4.69, 9.17) is 22.3 Å². The normalized spacial score (nSPS) is 48.0. The van der Waals surface area contributed by atoms with Gasteiger partial charge in [0, 0.05) is 5.41 Å². The summed E-state index contributed by atoms with van der Waals surface area (Å²) in [6.45, 7) is 12.4. The fourth-order valence-corrected chi connectivity index (χ4v) is 9.75. The van der Waals surface area contributed by atoms with Crippen molar-refractivity contribution in [3.05, 3.63) is 0 Å². The maximum Gasteiger partial charge on any atom is 0.394 e. The van der Waals surface area contributed by atoms with Crippen molar-refractivity contribution >= 4 is 10.4 Å². The smallest absolute Gasteiger partial charge is 0.392 e. The van der Waals surface area contributed by atoms with Crippen LogP contribution in [-0.4, -0.2) is 40.4 Å². The van der Waals surface area contributed by atoms with Crippen LogP contribution in [0.25, 0.3) is 0 Å². The predicted molar refractivity (Wildman–Crippen MR) is 133 cm³/mol. The molecule has 0 amide bonds. The Morgan fingerprint density at radius 2 is 1.65 bits per heavy atom. The van der Waals surface area contributed by atoms with Crippen LogP contribution in [0.5, 0.6) is 0 Å². The SMILES string of the molecule is CC(C)CCC[C@@H](C)[C@H]1CC[C@H]2[C@@H]3C[C@@H]4O[C@@]45CCCC(O)[C@]5(C)[C@H]3CC[C@]12C.O=S(=O)(O)O. The highest BCUT2D eigenvalue weighted by Gasteiger charge is 2.77. The summed E-state index contributed by atoms with van der Waals surface area (Å²) >= 11 is 0. The topological polar surface area (TPSA) is 107 Å². The van der Waals surface area contributed by atoms with Gasteiger partial charge in [-0.1, -0.05) is 53.9 Å². The van der Waals surface area contributed by atoms with E-state index in [1.807, 2.05) is 0 Å². The first-order valence-electron chi connectivity index (χ1n) is 13.8. The number of ether oxygens (including phenoxy) is 1. The zero-order chi connectivity index (χ0) is 25.1. The van der Waals surface area contributed by atoms with E-state index in [9.17, 15) is 5.11 Å². The van der Waals surface area contributed by atoms with Crippen molar-refractivity contribution in [2.45, 2.75) is 123 Å². The number of aliphatic hydroxyl groups excluding tert-OH is 1. The van der Waals surface area contributed by atoms with Gasteiger partial charge in [0.15, 0.2) is 0 Å². The zero-order valence-corrected chi connectivity index (χ0v) is 22.7. The summed E-state index contributed by atoms with van der Waals surface area (Å²) in [5.74, 6) is 4.97.